The van der Waals surface area contributed by atoms with Gasteiger partial charge in [0.15, 0.2) is 0 Å². The molecule has 5 atom stereocenters. The molecule has 2 rings (SSSR count). The van der Waals surface area contributed by atoms with Gasteiger partial charge in [0.1, 0.15) is 5.78 Å². The molecular weight excluding hydrogens is 232 g/mol. The van der Waals surface area contributed by atoms with Gasteiger partial charge in [-0.25, -0.2) is 0 Å². The van der Waals surface area contributed by atoms with E-state index in [4.69, 9.17) is 4.74 Å². The smallest absolute Gasteiger partial charge is 0.306 e. The molecule has 1 aliphatic heterocycles. The third kappa shape index (κ3) is 2.74. The quantitative estimate of drug-likeness (QED) is 0.819. The van der Waals surface area contributed by atoms with Crippen LogP contribution in [0.3, 0.4) is 0 Å². The van der Waals surface area contributed by atoms with Gasteiger partial charge in [-0.1, -0.05) is 6.92 Å². The van der Waals surface area contributed by atoms with Crippen LogP contribution < -0.4 is 0 Å². The maximum absolute atomic E-state index is 11.8. The lowest BCUT2D eigenvalue weighted by Gasteiger charge is -2.38. The Labute approximate surface area is 108 Å². The van der Waals surface area contributed by atoms with Gasteiger partial charge in [0.2, 0.25) is 0 Å². The number of carboxylic acids is 1. The van der Waals surface area contributed by atoms with Crippen LogP contribution >= 0.6 is 0 Å². The predicted octanol–water partition coefficient (Wildman–Crippen LogP) is 2.12. The van der Waals surface area contributed by atoms with Gasteiger partial charge in [0.05, 0.1) is 18.6 Å². The Morgan fingerprint density at radius 2 is 2.11 bits per heavy atom. The molecule has 0 bridgehead atoms. The van der Waals surface area contributed by atoms with Gasteiger partial charge in [0.25, 0.3) is 0 Å². The van der Waals surface area contributed by atoms with Gasteiger partial charge in [-0.2, -0.15) is 0 Å². The van der Waals surface area contributed by atoms with E-state index in [0.717, 1.165) is 12.8 Å². The number of ketones is 1. The van der Waals surface area contributed by atoms with Crippen molar-refractivity contribution < 1.29 is 19.4 Å². The second-order valence-electron chi connectivity index (χ2n) is 5.88. The molecule has 0 radical (unpaired) electrons. The first-order chi connectivity index (χ1) is 8.49. The lowest BCUT2D eigenvalue weighted by Crippen LogP contribution is -2.40. The van der Waals surface area contributed by atoms with Gasteiger partial charge in [-0.05, 0) is 37.5 Å². The van der Waals surface area contributed by atoms with Crippen LogP contribution in [0.1, 0.15) is 39.5 Å². The van der Waals surface area contributed by atoms with Crippen molar-refractivity contribution in [3.05, 3.63) is 0 Å². The number of ether oxygens (including phenoxy) is 1. The van der Waals surface area contributed by atoms with Crippen molar-refractivity contribution in [3.63, 3.8) is 0 Å². The Morgan fingerprint density at radius 1 is 1.39 bits per heavy atom. The third-order valence-electron chi connectivity index (χ3n) is 4.66. The molecule has 1 N–H and O–H groups in total. The Morgan fingerprint density at radius 3 is 2.78 bits per heavy atom. The average Bonchev–Trinajstić information content (AvgIpc) is 2.50. The Bertz CT molecular complexity index is 339. The zero-order valence-electron chi connectivity index (χ0n) is 11.1. The Hall–Kier alpha value is -0.900. The fraction of sp³-hybridized carbons (Fsp3) is 0.857. The third-order valence-corrected chi connectivity index (χ3v) is 4.66. The number of carboxylic acid groups (broad SMARTS) is 1. The second kappa shape index (κ2) is 5.39. The molecule has 0 aromatic rings. The highest BCUT2D eigenvalue weighted by Crippen LogP contribution is 2.42. The number of rotatable bonds is 2. The number of fused-ring (bicyclic) bond motifs is 1. The van der Waals surface area contributed by atoms with Gasteiger partial charge >= 0.3 is 5.97 Å². The van der Waals surface area contributed by atoms with E-state index in [1.807, 2.05) is 0 Å². The number of Topliss-reactive ketones (excluding diaryl/α,β-unsaturated/α-hetero) is 1. The summed E-state index contributed by atoms with van der Waals surface area (Å²) in [5.41, 5.74) is 0. The molecular formula is C14H22O4. The standard InChI is InChI=1S/C14H22O4/c1-8-3-4-10-5-11(15)6-12(9(2)14(16)17)13(10)7-18-8/h8-10,12-13H,3-7H2,1-2H3,(H,16,17). The van der Waals surface area contributed by atoms with Crippen LogP contribution in [0.15, 0.2) is 0 Å². The van der Waals surface area contributed by atoms with E-state index in [2.05, 4.69) is 6.92 Å². The summed E-state index contributed by atoms with van der Waals surface area (Å²) >= 11 is 0. The SMILES string of the molecule is CC1CCC2CC(=O)CC(C(C)C(=O)O)C2CO1. The molecule has 18 heavy (non-hydrogen) atoms. The largest absolute Gasteiger partial charge is 0.481 e. The Balaban J connectivity index is 2.17. The first-order valence-electron chi connectivity index (χ1n) is 6.85. The van der Waals surface area contributed by atoms with Crippen LogP contribution in [-0.2, 0) is 14.3 Å². The summed E-state index contributed by atoms with van der Waals surface area (Å²) in [6, 6.07) is 0. The first-order valence-corrected chi connectivity index (χ1v) is 6.85. The van der Waals surface area contributed by atoms with Crippen molar-refractivity contribution in [2.45, 2.75) is 45.6 Å². The van der Waals surface area contributed by atoms with Crippen molar-refractivity contribution in [2.24, 2.45) is 23.7 Å². The predicted molar refractivity (Wildman–Crippen MR) is 66.2 cm³/mol. The van der Waals surface area contributed by atoms with Gasteiger partial charge in [0, 0.05) is 12.8 Å². The van der Waals surface area contributed by atoms with E-state index in [-0.39, 0.29) is 23.7 Å². The van der Waals surface area contributed by atoms with E-state index in [1.165, 1.54) is 0 Å². The van der Waals surface area contributed by atoms with Crippen LogP contribution in [-0.4, -0.2) is 29.6 Å². The molecule has 2 aliphatic rings. The summed E-state index contributed by atoms with van der Waals surface area (Å²) < 4.78 is 5.76. The van der Waals surface area contributed by atoms with Crippen LogP contribution in [0, 0.1) is 23.7 Å². The molecule has 4 heteroatoms. The number of carbonyl (C=O) groups is 2. The van der Waals surface area contributed by atoms with Crippen LogP contribution in [0.4, 0.5) is 0 Å². The molecule has 102 valence electrons. The molecule has 0 aromatic heterocycles. The molecule has 1 heterocycles. The fourth-order valence-electron chi connectivity index (χ4n) is 3.41. The highest BCUT2D eigenvalue weighted by molar-refractivity contribution is 5.81. The zero-order valence-corrected chi connectivity index (χ0v) is 11.1. The average molecular weight is 254 g/mol. The Kier molecular flexibility index (Phi) is 4.05. The number of carbonyl (C=O) groups excluding carboxylic acids is 1. The normalized spacial score (nSPS) is 38.7. The molecule has 0 amide bonds. The van der Waals surface area contributed by atoms with E-state index in [9.17, 15) is 14.7 Å². The highest BCUT2D eigenvalue weighted by Gasteiger charge is 2.42. The second-order valence-corrected chi connectivity index (χ2v) is 5.88. The molecule has 1 saturated carbocycles. The number of hydrogen-bond donors (Lipinski definition) is 1. The summed E-state index contributed by atoms with van der Waals surface area (Å²) in [5.74, 6) is -0.533. The summed E-state index contributed by atoms with van der Waals surface area (Å²) in [4.78, 5) is 23.0. The highest BCUT2D eigenvalue weighted by atomic mass is 16.5. The summed E-state index contributed by atoms with van der Waals surface area (Å²) in [7, 11) is 0. The maximum atomic E-state index is 11.8. The van der Waals surface area contributed by atoms with Crippen molar-refractivity contribution in [3.8, 4) is 0 Å². The van der Waals surface area contributed by atoms with E-state index in [0.29, 0.717) is 25.4 Å². The van der Waals surface area contributed by atoms with Crippen LogP contribution in [0.5, 0.6) is 0 Å². The minimum Gasteiger partial charge on any atom is -0.481 e. The fourth-order valence-corrected chi connectivity index (χ4v) is 3.41. The minimum absolute atomic E-state index is 0.0564. The molecule has 0 spiro atoms. The van der Waals surface area contributed by atoms with Crippen molar-refractivity contribution in [1.82, 2.24) is 0 Å². The van der Waals surface area contributed by atoms with Gasteiger partial charge in [-0.3, -0.25) is 9.59 Å². The van der Waals surface area contributed by atoms with Gasteiger partial charge < -0.3 is 9.84 Å². The molecule has 4 nitrogen and oxygen atoms in total. The maximum Gasteiger partial charge on any atom is 0.306 e. The monoisotopic (exact) mass is 254 g/mol. The summed E-state index contributed by atoms with van der Waals surface area (Å²) in [6.45, 7) is 4.38. The molecule has 5 unspecified atom stereocenters. The van der Waals surface area contributed by atoms with Gasteiger partial charge in [-0.15, -0.1) is 0 Å². The lowest BCUT2D eigenvalue weighted by molar-refractivity contribution is -0.146. The van der Waals surface area contributed by atoms with E-state index < -0.39 is 11.9 Å². The van der Waals surface area contributed by atoms with E-state index >= 15 is 0 Å². The van der Waals surface area contributed by atoms with Crippen molar-refractivity contribution in [1.29, 1.82) is 0 Å². The van der Waals surface area contributed by atoms with Crippen molar-refractivity contribution >= 4 is 11.8 Å². The molecule has 1 aliphatic carbocycles. The van der Waals surface area contributed by atoms with Crippen LogP contribution in [0.2, 0.25) is 0 Å². The number of hydrogen-bond acceptors (Lipinski definition) is 3. The number of aliphatic carboxylic acids is 1. The topological polar surface area (TPSA) is 63.6 Å². The molecule has 1 saturated heterocycles. The van der Waals surface area contributed by atoms with Crippen molar-refractivity contribution in [2.75, 3.05) is 6.61 Å². The lowest BCUT2D eigenvalue weighted by atomic mass is 9.66. The van der Waals surface area contributed by atoms with E-state index in [1.54, 1.807) is 6.92 Å². The minimum atomic E-state index is -0.800. The molecule has 2 fully saturated rings. The summed E-state index contributed by atoms with van der Waals surface area (Å²) in [5, 5.41) is 9.18. The first kappa shape index (κ1) is 13.5. The van der Waals surface area contributed by atoms with Crippen LogP contribution in [0.25, 0.3) is 0 Å². The molecule has 0 aromatic carbocycles. The zero-order chi connectivity index (χ0) is 13.3. The summed E-state index contributed by atoms with van der Waals surface area (Å²) in [6.07, 6.45) is 3.21.